The molecule has 2 rings (SSSR count). The van der Waals surface area contributed by atoms with E-state index < -0.39 is 0 Å². The Balaban J connectivity index is 1.93. The van der Waals surface area contributed by atoms with Crippen LogP contribution in [0.5, 0.6) is 0 Å². The summed E-state index contributed by atoms with van der Waals surface area (Å²) < 4.78 is 24.7. The fraction of sp³-hybridized carbons (Fsp3) is 0.538. The van der Waals surface area contributed by atoms with Gasteiger partial charge in [-0.25, -0.2) is 4.39 Å². The summed E-state index contributed by atoms with van der Waals surface area (Å²) in [7, 11) is 0. The van der Waals surface area contributed by atoms with Crippen molar-refractivity contribution in [3.8, 4) is 0 Å². The summed E-state index contributed by atoms with van der Waals surface area (Å²) in [5, 5.41) is 8.95. The minimum Gasteiger partial charge on any atom is -0.392 e. The number of aliphatic hydroxyl groups excluding tert-OH is 1. The lowest BCUT2D eigenvalue weighted by Crippen LogP contribution is -2.22. The third-order valence-corrected chi connectivity index (χ3v) is 2.89. The van der Waals surface area contributed by atoms with Crippen LogP contribution in [0.1, 0.15) is 30.4 Å². The maximum absolute atomic E-state index is 13.7. The summed E-state index contributed by atoms with van der Waals surface area (Å²) in [6, 6.07) is 4.95. The van der Waals surface area contributed by atoms with E-state index >= 15 is 0 Å². The van der Waals surface area contributed by atoms with Gasteiger partial charge in [0.15, 0.2) is 6.29 Å². The van der Waals surface area contributed by atoms with Crippen molar-refractivity contribution in [3.05, 3.63) is 35.1 Å². The van der Waals surface area contributed by atoms with Crippen LogP contribution >= 0.6 is 0 Å². The van der Waals surface area contributed by atoms with Crippen LogP contribution in [-0.4, -0.2) is 18.0 Å². The van der Waals surface area contributed by atoms with Gasteiger partial charge in [0.1, 0.15) is 5.82 Å². The topological polar surface area (TPSA) is 38.7 Å². The first kappa shape index (κ1) is 12.5. The predicted octanol–water partition coefficient (Wildman–Crippen LogP) is 2.36. The molecule has 0 spiro atoms. The molecule has 1 N–H and O–H groups in total. The van der Waals surface area contributed by atoms with Gasteiger partial charge in [0, 0.05) is 17.7 Å². The molecule has 0 saturated carbocycles. The lowest BCUT2D eigenvalue weighted by atomic mass is 10.1. The van der Waals surface area contributed by atoms with Gasteiger partial charge in [0.25, 0.3) is 0 Å². The zero-order chi connectivity index (χ0) is 12.1. The number of halogens is 1. The molecule has 17 heavy (non-hydrogen) atoms. The lowest BCUT2D eigenvalue weighted by Gasteiger charge is -2.22. The Morgan fingerprint density at radius 3 is 2.88 bits per heavy atom. The van der Waals surface area contributed by atoms with Gasteiger partial charge in [-0.3, -0.25) is 0 Å². The molecule has 3 nitrogen and oxygen atoms in total. The molecule has 1 heterocycles. The van der Waals surface area contributed by atoms with Gasteiger partial charge >= 0.3 is 0 Å². The van der Waals surface area contributed by atoms with E-state index in [1.165, 1.54) is 0 Å². The molecule has 1 fully saturated rings. The number of benzene rings is 1. The minimum absolute atomic E-state index is 0.185. The van der Waals surface area contributed by atoms with Gasteiger partial charge in [-0.05, 0) is 19.3 Å². The van der Waals surface area contributed by atoms with Crippen molar-refractivity contribution in [2.45, 2.75) is 38.8 Å². The zero-order valence-electron chi connectivity index (χ0n) is 9.69. The second kappa shape index (κ2) is 6.10. The third-order valence-electron chi connectivity index (χ3n) is 2.89. The molecule has 0 bridgehead atoms. The average molecular weight is 240 g/mol. The van der Waals surface area contributed by atoms with E-state index in [0.29, 0.717) is 17.7 Å². The molecule has 4 heteroatoms. The first-order valence-electron chi connectivity index (χ1n) is 5.91. The van der Waals surface area contributed by atoms with Gasteiger partial charge in [0.05, 0.1) is 13.2 Å². The number of ether oxygens (including phenoxy) is 2. The Labute approximate surface area is 100 Å². The third kappa shape index (κ3) is 3.25. The van der Waals surface area contributed by atoms with Crippen LogP contribution in [0.15, 0.2) is 18.2 Å². The molecule has 94 valence electrons. The Bertz CT molecular complexity index is 362. The van der Waals surface area contributed by atoms with Crippen molar-refractivity contribution in [2.24, 2.45) is 0 Å². The van der Waals surface area contributed by atoms with Crippen molar-refractivity contribution in [2.75, 3.05) is 6.61 Å². The zero-order valence-corrected chi connectivity index (χ0v) is 9.69. The van der Waals surface area contributed by atoms with E-state index in [-0.39, 0.29) is 25.3 Å². The smallest absolute Gasteiger partial charge is 0.158 e. The van der Waals surface area contributed by atoms with E-state index in [9.17, 15) is 4.39 Å². The largest absolute Gasteiger partial charge is 0.392 e. The van der Waals surface area contributed by atoms with Crippen molar-refractivity contribution in [3.63, 3.8) is 0 Å². The Morgan fingerprint density at radius 2 is 2.18 bits per heavy atom. The number of aliphatic hydroxyl groups is 1. The number of hydrogen-bond donors (Lipinski definition) is 1. The molecule has 0 radical (unpaired) electrons. The van der Waals surface area contributed by atoms with E-state index in [4.69, 9.17) is 14.6 Å². The van der Waals surface area contributed by atoms with Crippen molar-refractivity contribution >= 4 is 0 Å². The maximum atomic E-state index is 13.7. The minimum atomic E-state index is -0.384. The molecule has 1 aromatic rings. The van der Waals surface area contributed by atoms with Gasteiger partial charge in [0.2, 0.25) is 0 Å². The van der Waals surface area contributed by atoms with E-state index in [1.54, 1.807) is 18.2 Å². The average Bonchev–Trinajstić information content (AvgIpc) is 2.39. The Kier molecular flexibility index (Phi) is 4.48. The molecule has 0 amide bonds. The van der Waals surface area contributed by atoms with Crippen LogP contribution in [0.2, 0.25) is 0 Å². The normalized spacial score (nSPS) is 20.5. The first-order valence-corrected chi connectivity index (χ1v) is 5.91. The van der Waals surface area contributed by atoms with Gasteiger partial charge < -0.3 is 14.6 Å². The summed E-state index contributed by atoms with van der Waals surface area (Å²) >= 11 is 0. The maximum Gasteiger partial charge on any atom is 0.158 e. The highest BCUT2D eigenvalue weighted by atomic mass is 19.1. The van der Waals surface area contributed by atoms with E-state index in [0.717, 1.165) is 19.3 Å². The molecule has 1 aliphatic heterocycles. The van der Waals surface area contributed by atoms with Crippen LogP contribution in [0.25, 0.3) is 0 Å². The molecule has 1 aliphatic rings. The standard InChI is InChI=1S/C13H17FO3/c14-13-10(8-15)4-3-5-11(13)9-17-12-6-1-2-7-16-12/h3-5,12,15H,1-2,6-9H2. The second-order valence-corrected chi connectivity index (χ2v) is 4.16. The Hall–Kier alpha value is -0.970. The first-order chi connectivity index (χ1) is 8.31. The van der Waals surface area contributed by atoms with Crippen LogP contribution in [0.4, 0.5) is 4.39 Å². The van der Waals surface area contributed by atoms with Gasteiger partial charge in [-0.1, -0.05) is 18.2 Å². The summed E-state index contributed by atoms with van der Waals surface area (Å²) in [5.74, 6) is -0.384. The molecular formula is C13H17FO3. The summed E-state index contributed by atoms with van der Waals surface area (Å²) in [5.41, 5.74) is 0.765. The highest BCUT2D eigenvalue weighted by Crippen LogP contribution is 2.18. The molecular weight excluding hydrogens is 223 g/mol. The highest BCUT2D eigenvalue weighted by molar-refractivity contribution is 5.24. The molecule has 1 aromatic carbocycles. The molecule has 1 unspecified atom stereocenters. The molecule has 0 aliphatic carbocycles. The summed E-state index contributed by atoms with van der Waals surface area (Å²) in [4.78, 5) is 0. The van der Waals surface area contributed by atoms with Crippen LogP contribution in [-0.2, 0) is 22.7 Å². The molecule has 0 aromatic heterocycles. The van der Waals surface area contributed by atoms with E-state index in [2.05, 4.69) is 0 Å². The predicted molar refractivity (Wildman–Crippen MR) is 60.7 cm³/mol. The highest BCUT2D eigenvalue weighted by Gasteiger charge is 2.15. The number of rotatable bonds is 4. The van der Waals surface area contributed by atoms with Gasteiger partial charge in [-0.2, -0.15) is 0 Å². The van der Waals surface area contributed by atoms with Crippen LogP contribution in [0, 0.1) is 5.82 Å². The van der Waals surface area contributed by atoms with Crippen molar-refractivity contribution in [1.82, 2.24) is 0 Å². The fourth-order valence-electron chi connectivity index (χ4n) is 1.89. The SMILES string of the molecule is OCc1cccc(COC2CCCCO2)c1F. The second-order valence-electron chi connectivity index (χ2n) is 4.16. The Morgan fingerprint density at radius 1 is 1.35 bits per heavy atom. The summed E-state index contributed by atoms with van der Waals surface area (Å²) in [6.45, 7) is 0.605. The van der Waals surface area contributed by atoms with Crippen LogP contribution < -0.4 is 0 Å². The quantitative estimate of drug-likeness (QED) is 0.878. The van der Waals surface area contributed by atoms with Crippen LogP contribution in [0.3, 0.4) is 0 Å². The van der Waals surface area contributed by atoms with E-state index in [1.807, 2.05) is 0 Å². The monoisotopic (exact) mass is 240 g/mol. The van der Waals surface area contributed by atoms with Crippen molar-refractivity contribution < 1.29 is 19.0 Å². The molecule has 1 saturated heterocycles. The number of hydrogen-bond acceptors (Lipinski definition) is 3. The fourth-order valence-corrected chi connectivity index (χ4v) is 1.89. The van der Waals surface area contributed by atoms with Crippen molar-refractivity contribution in [1.29, 1.82) is 0 Å². The molecule has 1 atom stereocenters. The summed E-state index contributed by atoms with van der Waals surface area (Å²) in [6.07, 6.45) is 2.79. The van der Waals surface area contributed by atoms with Gasteiger partial charge in [-0.15, -0.1) is 0 Å². The lowest BCUT2D eigenvalue weighted by molar-refractivity contribution is -0.169.